The monoisotopic (exact) mass is 306 g/mol. The predicted octanol–water partition coefficient (Wildman–Crippen LogP) is 0.115. The fraction of sp³-hybridized carbons (Fsp3) is 0. The summed E-state index contributed by atoms with van der Waals surface area (Å²) in [5, 5.41) is 0. The molecule has 0 spiro atoms. The van der Waals surface area contributed by atoms with E-state index < -0.39 is 24.0 Å². The number of halogens is 4. The minimum atomic E-state index is -5.09. The number of hydrogen-bond donors (Lipinski definition) is 0. The summed E-state index contributed by atoms with van der Waals surface area (Å²) in [6.45, 7) is -5.09. The van der Waals surface area contributed by atoms with Gasteiger partial charge in [0.25, 0.3) is 0 Å². The summed E-state index contributed by atoms with van der Waals surface area (Å²) in [6, 6.07) is 9.10. The van der Waals surface area contributed by atoms with Crippen molar-refractivity contribution in [2.75, 3.05) is 0 Å². The molecule has 0 aliphatic heterocycles. The van der Waals surface area contributed by atoms with Crippen LogP contribution in [0.2, 0.25) is 0 Å². The molecular formula is C13H8BF4KO. The van der Waals surface area contributed by atoms with E-state index in [1.54, 1.807) is 0 Å². The van der Waals surface area contributed by atoms with E-state index in [9.17, 15) is 22.1 Å². The zero-order valence-corrected chi connectivity index (χ0v) is 13.7. The second-order valence-electron chi connectivity index (χ2n) is 4.01. The van der Waals surface area contributed by atoms with Gasteiger partial charge in [0.1, 0.15) is 5.82 Å². The summed E-state index contributed by atoms with van der Waals surface area (Å²) < 4.78 is 50.7. The third-order valence-electron chi connectivity index (χ3n) is 2.67. The maximum Gasteiger partial charge on any atom is 1.00 e. The zero-order valence-electron chi connectivity index (χ0n) is 10.6. The van der Waals surface area contributed by atoms with Crippen LogP contribution in [-0.2, 0) is 0 Å². The summed E-state index contributed by atoms with van der Waals surface area (Å²) in [5.74, 6) is -1.34. The number of benzene rings is 2. The Morgan fingerprint density at radius 1 is 0.900 bits per heavy atom. The number of carbonyl (C=O) groups excluding carboxylic acids is 1. The van der Waals surface area contributed by atoms with Gasteiger partial charge in [-0.15, -0.1) is 5.46 Å². The quantitative estimate of drug-likeness (QED) is 0.447. The summed E-state index contributed by atoms with van der Waals surface area (Å²) in [5.41, 5.74) is -0.924. The van der Waals surface area contributed by atoms with Gasteiger partial charge in [-0.3, -0.25) is 4.79 Å². The van der Waals surface area contributed by atoms with Crippen LogP contribution in [0.5, 0.6) is 0 Å². The van der Waals surface area contributed by atoms with Gasteiger partial charge < -0.3 is 12.9 Å². The van der Waals surface area contributed by atoms with E-state index in [1.807, 2.05) is 0 Å². The molecule has 0 radical (unpaired) electrons. The molecular weight excluding hydrogens is 298 g/mol. The molecule has 1 nitrogen and oxygen atoms in total. The molecule has 2 rings (SSSR count). The van der Waals surface area contributed by atoms with Crippen LogP contribution in [0.15, 0.2) is 48.5 Å². The van der Waals surface area contributed by atoms with Crippen molar-refractivity contribution in [1.82, 2.24) is 0 Å². The van der Waals surface area contributed by atoms with E-state index in [-0.39, 0.29) is 62.5 Å². The largest absolute Gasteiger partial charge is 1.00 e. The van der Waals surface area contributed by atoms with Crippen molar-refractivity contribution in [3.05, 3.63) is 65.5 Å². The van der Waals surface area contributed by atoms with Crippen LogP contribution < -0.4 is 56.8 Å². The smallest absolute Gasteiger partial charge is 0.445 e. The normalized spacial score (nSPS) is 10.8. The molecule has 0 fully saturated rings. The molecule has 98 valence electrons. The molecule has 0 aromatic heterocycles. The molecule has 0 saturated heterocycles. The molecule has 0 heterocycles. The molecule has 2 aromatic carbocycles. The molecule has 0 bridgehead atoms. The first-order valence-corrected chi connectivity index (χ1v) is 5.49. The van der Waals surface area contributed by atoms with Crippen LogP contribution >= 0.6 is 0 Å². The minimum Gasteiger partial charge on any atom is -0.445 e. The molecule has 2 aromatic rings. The Kier molecular flexibility index (Phi) is 6.15. The van der Waals surface area contributed by atoms with Gasteiger partial charge >= 0.3 is 58.4 Å². The van der Waals surface area contributed by atoms with Gasteiger partial charge in [0, 0.05) is 5.56 Å². The Balaban J connectivity index is 0.00000200. The summed E-state index contributed by atoms with van der Waals surface area (Å²) in [4.78, 5) is 11.9. The summed E-state index contributed by atoms with van der Waals surface area (Å²) >= 11 is 0. The van der Waals surface area contributed by atoms with Crippen molar-refractivity contribution < 1.29 is 73.5 Å². The van der Waals surface area contributed by atoms with Gasteiger partial charge in [-0.25, -0.2) is 4.39 Å². The van der Waals surface area contributed by atoms with Crippen LogP contribution in [0.1, 0.15) is 15.9 Å². The van der Waals surface area contributed by atoms with Gasteiger partial charge in [-0.05, 0) is 12.1 Å². The Labute approximate surface area is 155 Å². The first kappa shape index (κ1) is 17.6. The van der Waals surface area contributed by atoms with Crippen LogP contribution in [0, 0.1) is 5.82 Å². The maximum absolute atomic E-state index is 13.4. The number of rotatable bonds is 3. The Bertz CT molecular complexity index is 611. The average Bonchev–Trinajstić information content (AvgIpc) is 2.38. The zero-order chi connectivity index (χ0) is 14.0. The van der Waals surface area contributed by atoms with Crippen LogP contribution in [0.25, 0.3) is 0 Å². The fourth-order valence-electron chi connectivity index (χ4n) is 1.65. The summed E-state index contributed by atoms with van der Waals surface area (Å²) in [7, 11) is 0. The van der Waals surface area contributed by atoms with Crippen LogP contribution in [-0.4, -0.2) is 12.8 Å². The second kappa shape index (κ2) is 7.00. The van der Waals surface area contributed by atoms with Crippen LogP contribution in [0.4, 0.5) is 17.3 Å². The molecule has 0 atom stereocenters. The minimum absolute atomic E-state index is 0. The van der Waals surface area contributed by atoms with Gasteiger partial charge in [0.15, 0.2) is 5.78 Å². The van der Waals surface area contributed by atoms with Gasteiger partial charge in [-0.2, -0.15) is 0 Å². The SMILES string of the molecule is O=C(c1ccc([B-](F)(F)F)cc1)c1ccccc1F.[K+]. The molecule has 7 heteroatoms. The first-order chi connectivity index (χ1) is 8.89. The second-order valence-corrected chi connectivity index (χ2v) is 4.01. The molecule has 0 unspecified atom stereocenters. The summed E-state index contributed by atoms with van der Waals surface area (Å²) in [6.07, 6.45) is 0. The number of ketones is 1. The van der Waals surface area contributed by atoms with Gasteiger partial charge in [0.05, 0.1) is 5.56 Å². The van der Waals surface area contributed by atoms with E-state index in [0.29, 0.717) is 0 Å². The van der Waals surface area contributed by atoms with Crippen molar-refractivity contribution in [3.8, 4) is 0 Å². The van der Waals surface area contributed by atoms with E-state index in [2.05, 4.69) is 0 Å². The van der Waals surface area contributed by atoms with E-state index in [4.69, 9.17) is 0 Å². The molecule has 0 aliphatic carbocycles. The molecule has 0 amide bonds. The van der Waals surface area contributed by atoms with Crippen molar-refractivity contribution in [2.24, 2.45) is 0 Å². The van der Waals surface area contributed by atoms with Crippen LogP contribution in [0.3, 0.4) is 0 Å². The first-order valence-electron chi connectivity index (χ1n) is 5.49. The Hall–Kier alpha value is -0.469. The van der Waals surface area contributed by atoms with Gasteiger partial charge in [0.2, 0.25) is 0 Å². The maximum atomic E-state index is 13.4. The third-order valence-corrected chi connectivity index (χ3v) is 2.67. The Morgan fingerprint density at radius 3 is 1.95 bits per heavy atom. The van der Waals surface area contributed by atoms with E-state index in [1.165, 1.54) is 18.2 Å². The third kappa shape index (κ3) is 4.02. The average molecular weight is 306 g/mol. The topological polar surface area (TPSA) is 17.1 Å². The predicted molar refractivity (Wildman–Crippen MR) is 65.0 cm³/mol. The molecule has 0 saturated carbocycles. The van der Waals surface area contributed by atoms with E-state index >= 15 is 0 Å². The van der Waals surface area contributed by atoms with Crippen molar-refractivity contribution >= 4 is 18.2 Å². The molecule has 0 aliphatic rings. The Morgan fingerprint density at radius 2 is 1.45 bits per heavy atom. The van der Waals surface area contributed by atoms with E-state index in [0.717, 1.165) is 30.3 Å². The standard InChI is InChI=1S/C13H8BF4O.K/c15-12-4-2-1-3-11(12)13(19)9-5-7-10(8-6-9)14(16,17)18;/h1-8H;/q-1;+1. The molecule has 20 heavy (non-hydrogen) atoms. The number of hydrogen-bond acceptors (Lipinski definition) is 1. The molecule has 0 N–H and O–H groups in total. The van der Waals surface area contributed by atoms with Crippen molar-refractivity contribution in [2.45, 2.75) is 0 Å². The van der Waals surface area contributed by atoms with Crippen molar-refractivity contribution in [3.63, 3.8) is 0 Å². The number of carbonyl (C=O) groups is 1. The fourth-order valence-corrected chi connectivity index (χ4v) is 1.65. The van der Waals surface area contributed by atoms with Gasteiger partial charge in [-0.1, -0.05) is 36.4 Å². The van der Waals surface area contributed by atoms with Crippen molar-refractivity contribution in [1.29, 1.82) is 0 Å².